The summed E-state index contributed by atoms with van der Waals surface area (Å²) in [6, 6.07) is 14.0. The van der Waals surface area contributed by atoms with Crippen LogP contribution in [0, 0.1) is 16.0 Å². The molecule has 8 heteroatoms. The molecule has 152 valence electrons. The first-order valence-electron chi connectivity index (χ1n) is 9.48. The largest absolute Gasteiger partial charge is 0.497 e. The zero-order valence-corrected chi connectivity index (χ0v) is 16.3. The highest BCUT2D eigenvalue weighted by Crippen LogP contribution is 2.20. The Bertz CT molecular complexity index is 875. The summed E-state index contributed by atoms with van der Waals surface area (Å²) in [5, 5.41) is 14.8. The van der Waals surface area contributed by atoms with Crippen molar-refractivity contribution < 1.29 is 14.5 Å². The molecule has 1 aliphatic heterocycles. The van der Waals surface area contributed by atoms with Crippen molar-refractivity contribution in [3.63, 3.8) is 0 Å². The Morgan fingerprint density at radius 3 is 2.66 bits per heavy atom. The van der Waals surface area contributed by atoms with E-state index in [1.54, 1.807) is 25.5 Å². The molecule has 0 aromatic heterocycles. The van der Waals surface area contributed by atoms with Crippen molar-refractivity contribution >= 4 is 17.8 Å². The van der Waals surface area contributed by atoms with Gasteiger partial charge in [-0.15, -0.1) is 0 Å². The Balaban J connectivity index is 1.44. The first-order chi connectivity index (χ1) is 14.0. The van der Waals surface area contributed by atoms with E-state index in [0.717, 1.165) is 49.4 Å². The van der Waals surface area contributed by atoms with Gasteiger partial charge in [0, 0.05) is 24.6 Å². The topological polar surface area (TPSA) is 97.1 Å². The molecule has 0 saturated carbocycles. The van der Waals surface area contributed by atoms with E-state index < -0.39 is 4.92 Å². The molecular formula is C21H24N4O4. The van der Waals surface area contributed by atoms with E-state index in [-0.39, 0.29) is 17.5 Å². The van der Waals surface area contributed by atoms with Gasteiger partial charge in [-0.1, -0.05) is 24.3 Å². The molecule has 1 heterocycles. The maximum Gasteiger partial charge on any atom is 0.269 e. The lowest BCUT2D eigenvalue weighted by Gasteiger charge is -2.30. The van der Waals surface area contributed by atoms with E-state index in [1.807, 2.05) is 24.3 Å². The Morgan fingerprint density at radius 1 is 1.28 bits per heavy atom. The lowest BCUT2D eigenvalue weighted by atomic mass is 9.96. The third-order valence-electron chi connectivity index (χ3n) is 4.99. The Labute approximate surface area is 169 Å². The molecule has 0 spiro atoms. The lowest BCUT2D eigenvalue weighted by molar-refractivity contribution is -0.384. The standard InChI is InChI=1S/C21H24N4O4/c1-29-20-4-2-3-17(13-20)14-22-23-21(26)18-9-11-24(12-10-18)15-16-5-7-19(8-6-16)25(27)28/h2-8,13-14,18H,9-12,15H2,1H3,(H,23,26)/b22-14+. The van der Waals surface area contributed by atoms with Gasteiger partial charge in [-0.05, 0) is 49.2 Å². The van der Waals surface area contributed by atoms with Crippen LogP contribution in [0.25, 0.3) is 0 Å². The number of non-ortho nitro benzene ring substituents is 1. The second-order valence-electron chi connectivity index (χ2n) is 6.98. The zero-order valence-electron chi connectivity index (χ0n) is 16.3. The number of nitrogens with zero attached hydrogens (tertiary/aromatic N) is 3. The number of nitro benzene ring substituents is 1. The summed E-state index contributed by atoms with van der Waals surface area (Å²) >= 11 is 0. The molecule has 0 atom stereocenters. The van der Waals surface area contributed by atoms with Crippen molar-refractivity contribution in [2.24, 2.45) is 11.0 Å². The number of benzene rings is 2. The number of carbonyl (C=O) groups is 1. The average molecular weight is 396 g/mol. The predicted octanol–water partition coefficient (Wildman–Crippen LogP) is 2.97. The number of ether oxygens (including phenoxy) is 1. The van der Waals surface area contributed by atoms with Crippen molar-refractivity contribution in [1.82, 2.24) is 10.3 Å². The molecule has 0 bridgehead atoms. The highest BCUT2D eigenvalue weighted by molar-refractivity contribution is 5.83. The zero-order chi connectivity index (χ0) is 20.6. The van der Waals surface area contributed by atoms with Crippen LogP contribution < -0.4 is 10.2 Å². The number of likely N-dealkylation sites (tertiary alicyclic amines) is 1. The number of nitrogens with one attached hydrogen (secondary N) is 1. The van der Waals surface area contributed by atoms with Gasteiger partial charge in [-0.3, -0.25) is 19.8 Å². The van der Waals surface area contributed by atoms with Crippen LogP contribution in [0.15, 0.2) is 53.6 Å². The van der Waals surface area contributed by atoms with Gasteiger partial charge in [0.15, 0.2) is 0 Å². The molecule has 8 nitrogen and oxygen atoms in total. The molecule has 0 unspecified atom stereocenters. The molecule has 1 saturated heterocycles. The third-order valence-corrected chi connectivity index (χ3v) is 4.99. The minimum Gasteiger partial charge on any atom is -0.497 e. The van der Waals surface area contributed by atoms with Crippen LogP contribution in [0.3, 0.4) is 0 Å². The molecule has 1 fully saturated rings. The van der Waals surface area contributed by atoms with Gasteiger partial charge in [0.1, 0.15) is 5.75 Å². The number of hydrogen-bond acceptors (Lipinski definition) is 6. The summed E-state index contributed by atoms with van der Waals surface area (Å²) in [4.78, 5) is 24.9. The van der Waals surface area contributed by atoms with E-state index in [4.69, 9.17) is 4.74 Å². The van der Waals surface area contributed by atoms with Crippen molar-refractivity contribution in [3.8, 4) is 5.75 Å². The summed E-state index contributed by atoms with van der Waals surface area (Å²) in [6.07, 6.45) is 3.12. The smallest absolute Gasteiger partial charge is 0.269 e. The molecular weight excluding hydrogens is 372 g/mol. The quantitative estimate of drug-likeness (QED) is 0.441. The van der Waals surface area contributed by atoms with Gasteiger partial charge < -0.3 is 4.74 Å². The summed E-state index contributed by atoms with van der Waals surface area (Å²) in [5.74, 6) is 0.602. The van der Waals surface area contributed by atoms with Crippen LogP contribution in [0.5, 0.6) is 5.75 Å². The van der Waals surface area contributed by atoms with Gasteiger partial charge in [0.05, 0.1) is 18.2 Å². The molecule has 1 amide bonds. The summed E-state index contributed by atoms with van der Waals surface area (Å²) in [6.45, 7) is 2.32. The molecule has 3 rings (SSSR count). The minimum absolute atomic E-state index is 0.0643. The van der Waals surface area contributed by atoms with Crippen LogP contribution in [0.2, 0.25) is 0 Å². The van der Waals surface area contributed by atoms with Crippen LogP contribution in [-0.4, -0.2) is 42.1 Å². The maximum absolute atomic E-state index is 12.3. The second kappa shape index (κ2) is 9.79. The van der Waals surface area contributed by atoms with Crippen LogP contribution in [-0.2, 0) is 11.3 Å². The molecule has 0 aliphatic carbocycles. The number of methoxy groups -OCH3 is 1. The van der Waals surface area contributed by atoms with Crippen molar-refractivity contribution in [1.29, 1.82) is 0 Å². The van der Waals surface area contributed by atoms with Gasteiger partial charge in [0.2, 0.25) is 5.91 Å². The van der Waals surface area contributed by atoms with Crippen LogP contribution in [0.4, 0.5) is 5.69 Å². The summed E-state index contributed by atoms with van der Waals surface area (Å²) < 4.78 is 5.16. The summed E-state index contributed by atoms with van der Waals surface area (Å²) in [5.41, 5.74) is 4.60. The number of hydrazone groups is 1. The van der Waals surface area contributed by atoms with Gasteiger partial charge in [0.25, 0.3) is 5.69 Å². The predicted molar refractivity (Wildman–Crippen MR) is 110 cm³/mol. The van der Waals surface area contributed by atoms with E-state index in [1.165, 1.54) is 12.1 Å². The fraction of sp³-hybridized carbons (Fsp3) is 0.333. The first kappa shape index (κ1) is 20.5. The van der Waals surface area contributed by atoms with E-state index in [9.17, 15) is 14.9 Å². The number of piperidine rings is 1. The number of carbonyl (C=O) groups excluding carboxylic acids is 1. The van der Waals surface area contributed by atoms with E-state index in [0.29, 0.717) is 0 Å². The van der Waals surface area contributed by atoms with Crippen LogP contribution in [0.1, 0.15) is 24.0 Å². The lowest BCUT2D eigenvalue weighted by Crippen LogP contribution is -2.39. The number of amides is 1. The molecule has 1 aliphatic rings. The molecule has 0 radical (unpaired) electrons. The number of nitro groups is 1. The highest BCUT2D eigenvalue weighted by Gasteiger charge is 2.24. The van der Waals surface area contributed by atoms with E-state index >= 15 is 0 Å². The monoisotopic (exact) mass is 396 g/mol. The minimum atomic E-state index is -0.398. The summed E-state index contributed by atoms with van der Waals surface area (Å²) in [7, 11) is 1.60. The molecule has 2 aromatic carbocycles. The van der Waals surface area contributed by atoms with Gasteiger partial charge in [-0.2, -0.15) is 5.10 Å². The normalized spacial score (nSPS) is 15.3. The number of rotatable bonds is 7. The maximum atomic E-state index is 12.3. The molecule has 29 heavy (non-hydrogen) atoms. The van der Waals surface area contributed by atoms with Crippen LogP contribution >= 0.6 is 0 Å². The van der Waals surface area contributed by atoms with Crippen molar-refractivity contribution in [2.45, 2.75) is 19.4 Å². The Kier molecular flexibility index (Phi) is 6.91. The van der Waals surface area contributed by atoms with Gasteiger partial charge in [-0.25, -0.2) is 5.43 Å². The van der Waals surface area contributed by atoms with Crippen molar-refractivity contribution in [2.75, 3.05) is 20.2 Å². The van der Waals surface area contributed by atoms with Crippen molar-refractivity contribution in [3.05, 3.63) is 69.8 Å². The molecule has 1 N–H and O–H groups in total. The fourth-order valence-electron chi connectivity index (χ4n) is 3.32. The van der Waals surface area contributed by atoms with E-state index in [2.05, 4.69) is 15.4 Å². The SMILES string of the molecule is COc1cccc(/C=N/NC(=O)C2CCN(Cc3ccc([N+](=O)[O-])cc3)CC2)c1. The Hall–Kier alpha value is -3.26. The Morgan fingerprint density at radius 2 is 2.00 bits per heavy atom. The average Bonchev–Trinajstić information content (AvgIpc) is 2.74. The van der Waals surface area contributed by atoms with Gasteiger partial charge >= 0.3 is 0 Å². The fourth-order valence-corrected chi connectivity index (χ4v) is 3.32. The number of hydrogen-bond donors (Lipinski definition) is 1. The molecule has 2 aromatic rings. The first-order valence-corrected chi connectivity index (χ1v) is 9.48. The second-order valence-corrected chi connectivity index (χ2v) is 6.98. The third kappa shape index (κ3) is 5.86. The highest BCUT2D eigenvalue weighted by atomic mass is 16.6.